The minimum atomic E-state index is -0.280. The van der Waals surface area contributed by atoms with Gasteiger partial charge in [0, 0.05) is 17.1 Å². The van der Waals surface area contributed by atoms with Crippen LogP contribution in [0.25, 0.3) is 10.9 Å². The standard InChI is InChI=1S/C18H16ClNO3/c19-15-6-2-4-8-17(15)22-9-10-23-18(21)11-13-12-20-16-7-3-1-5-14(13)16/h1-8,12,20H,9-11H2. The van der Waals surface area contributed by atoms with Crippen LogP contribution in [-0.4, -0.2) is 24.2 Å². The van der Waals surface area contributed by atoms with Gasteiger partial charge in [-0.3, -0.25) is 4.79 Å². The summed E-state index contributed by atoms with van der Waals surface area (Å²) in [7, 11) is 0. The molecule has 1 N–H and O–H groups in total. The largest absolute Gasteiger partial charge is 0.488 e. The maximum Gasteiger partial charge on any atom is 0.310 e. The van der Waals surface area contributed by atoms with E-state index in [9.17, 15) is 4.79 Å². The number of aromatic amines is 1. The average molecular weight is 330 g/mol. The smallest absolute Gasteiger partial charge is 0.310 e. The minimum absolute atomic E-state index is 0.187. The van der Waals surface area contributed by atoms with Gasteiger partial charge >= 0.3 is 5.97 Å². The van der Waals surface area contributed by atoms with Crippen molar-refractivity contribution in [3.63, 3.8) is 0 Å². The molecule has 0 fully saturated rings. The number of rotatable bonds is 6. The van der Waals surface area contributed by atoms with Gasteiger partial charge in [-0.15, -0.1) is 0 Å². The third-order valence-electron chi connectivity index (χ3n) is 3.45. The Bertz CT molecular complexity index is 813. The molecule has 5 heteroatoms. The van der Waals surface area contributed by atoms with Gasteiger partial charge in [-0.1, -0.05) is 41.9 Å². The first-order valence-corrected chi connectivity index (χ1v) is 7.70. The van der Waals surface area contributed by atoms with Crippen LogP contribution in [0.4, 0.5) is 0 Å². The third kappa shape index (κ3) is 3.85. The molecule has 0 aliphatic carbocycles. The molecule has 23 heavy (non-hydrogen) atoms. The van der Waals surface area contributed by atoms with Crippen LogP contribution >= 0.6 is 11.6 Å². The lowest BCUT2D eigenvalue weighted by Gasteiger charge is -2.08. The van der Waals surface area contributed by atoms with E-state index >= 15 is 0 Å². The molecule has 4 nitrogen and oxygen atoms in total. The van der Waals surface area contributed by atoms with Gasteiger partial charge in [0.1, 0.15) is 19.0 Å². The van der Waals surface area contributed by atoms with Crippen molar-refractivity contribution < 1.29 is 14.3 Å². The normalized spacial score (nSPS) is 10.7. The van der Waals surface area contributed by atoms with Crippen LogP contribution in [0.3, 0.4) is 0 Å². The van der Waals surface area contributed by atoms with Crippen molar-refractivity contribution in [2.24, 2.45) is 0 Å². The van der Waals surface area contributed by atoms with Crippen molar-refractivity contribution in [2.45, 2.75) is 6.42 Å². The summed E-state index contributed by atoms with van der Waals surface area (Å²) < 4.78 is 10.7. The molecule has 0 saturated carbocycles. The van der Waals surface area contributed by atoms with Crippen molar-refractivity contribution in [3.8, 4) is 5.75 Å². The zero-order valence-corrected chi connectivity index (χ0v) is 13.2. The van der Waals surface area contributed by atoms with Gasteiger partial charge in [-0.2, -0.15) is 0 Å². The van der Waals surface area contributed by atoms with Gasteiger partial charge in [0.25, 0.3) is 0 Å². The molecule has 3 aromatic rings. The second-order valence-electron chi connectivity index (χ2n) is 5.04. The lowest BCUT2D eigenvalue weighted by Crippen LogP contribution is -2.14. The van der Waals surface area contributed by atoms with Gasteiger partial charge in [0.15, 0.2) is 0 Å². The summed E-state index contributed by atoms with van der Waals surface area (Å²) >= 11 is 5.98. The van der Waals surface area contributed by atoms with Gasteiger partial charge < -0.3 is 14.5 Å². The van der Waals surface area contributed by atoms with E-state index in [0.29, 0.717) is 10.8 Å². The van der Waals surface area contributed by atoms with Crippen LogP contribution in [0.1, 0.15) is 5.56 Å². The van der Waals surface area contributed by atoms with E-state index in [1.54, 1.807) is 12.1 Å². The summed E-state index contributed by atoms with van der Waals surface area (Å²) in [6.45, 7) is 0.454. The topological polar surface area (TPSA) is 51.3 Å². The Morgan fingerprint density at radius 2 is 1.83 bits per heavy atom. The van der Waals surface area contributed by atoms with Crippen molar-refractivity contribution in [1.82, 2.24) is 4.98 Å². The highest BCUT2D eigenvalue weighted by Gasteiger charge is 2.09. The first-order valence-electron chi connectivity index (χ1n) is 7.32. The number of aromatic nitrogens is 1. The van der Waals surface area contributed by atoms with E-state index < -0.39 is 0 Å². The lowest BCUT2D eigenvalue weighted by molar-refractivity contribution is -0.143. The Labute approximate surface area is 139 Å². The number of H-pyrrole nitrogens is 1. The molecule has 3 rings (SSSR count). The number of hydrogen-bond donors (Lipinski definition) is 1. The van der Waals surface area contributed by atoms with Crippen LogP contribution in [0, 0.1) is 0 Å². The van der Waals surface area contributed by atoms with Gasteiger partial charge in [-0.25, -0.2) is 0 Å². The first kappa shape index (κ1) is 15.4. The molecule has 1 heterocycles. The molecule has 118 valence electrons. The van der Waals surface area contributed by atoms with Crippen LogP contribution < -0.4 is 4.74 Å². The Balaban J connectivity index is 1.48. The van der Waals surface area contributed by atoms with E-state index in [1.165, 1.54) is 0 Å². The van der Waals surface area contributed by atoms with E-state index in [1.807, 2.05) is 42.6 Å². The fourth-order valence-electron chi connectivity index (χ4n) is 2.35. The predicted octanol–water partition coefficient (Wildman–Crippen LogP) is 3.99. The SMILES string of the molecule is O=C(Cc1c[nH]c2ccccc12)OCCOc1ccccc1Cl. The van der Waals surface area contributed by atoms with E-state index in [4.69, 9.17) is 21.1 Å². The predicted molar refractivity (Wildman–Crippen MR) is 89.9 cm³/mol. The van der Waals surface area contributed by atoms with Crippen LogP contribution in [-0.2, 0) is 16.0 Å². The van der Waals surface area contributed by atoms with Crippen molar-refractivity contribution in [2.75, 3.05) is 13.2 Å². The Morgan fingerprint density at radius 3 is 2.70 bits per heavy atom. The molecule has 0 bridgehead atoms. The lowest BCUT2D eigenvalue weighted by atomic mass is 10.1. The molecule has 0 amide bonds. The Morgan fingerprint density at radius 1 is 1.04 bits per heavy atom. The number of benzene rings is 2. The van der Waals surface area contributed by atoms with Gasteiger partial charge in [-0.05, 0) is 23.8 Å². The number of carbonyl (C=O) groups excluding carboxylic acids is 1. The van der Waals surface area contributed by atoms with E-state index in [2.05, 4.69) is 4.98 Å². The Hall–Kier alpha value is -2.46. The number of nitrogens with one attached hydrogen (secondary N) is 1. The van der Waals surface area contributed by atoms with E-state index in [-0.39, 0.29) is 25.6 Å². The summed E-state index contributed by atoms with van der Waals surface area (Å²) in [6.07, 6.45) is 2.07. The number of esters is 1. The highest BCUT2D eigenvalue weighted by Crippen LogP contribution is 2.23. The van der Waals surface area contributed by atoms with Gasteiger partial charge in [0.05, 0.1) is 11.4 Å². The van der Waals surface area contributed by atoms with Crippen LogP contribution in [0.5, 0.6) is 5.75 Å². The van der Waals surface area contributed by atoms with E-state index in [0.717, 1.165) is 16.5 Å². The molecule has 0 aliphatic heterocycles. The summed E-state index contributed by atoms with van der Waals surface area (Å²) in [6, 6.07) is 15.0. The quantitative estimate of drug-likeness (QED) is 0.549. The molecule has 0 spiro atoms. The molecule has 0 atom stereocenters. The second-order valence-corrected chi connectivity index (χ2v) is 5.44. The number of carbonyl (C=O) groups is 1. The zero-order valence-electron chi connectivity index (χ0n) is 12.4. The molecular formula is C18H16ClNO3. The van der Waals surface area contributed by atoms with Crippen LogP contribution in [0.2, 0.25) is 5.02 Å². The summed E-state index contributed by atoms with van der Waals surface area (Å²) in [4.78, 5) is 15.1. The number of hydrogen-bond acceptors (Lipinski definition) is 3. The maximum atomic E-state index is 11.9. The molecule has 0 radical (unpaired) electrons. The maximum absolute atomic E-state index is 11.9. The first-order chi connectivity index (χ1) is 11.2. The number of fused-ring (bicyclic) bond motifs is 1. The molecule has 2 aromatic carbocycles. The van der Waals surface area contributed by atoms with Crippen LogP contribution in [0.15, 0.2) is 54.7 Å². The van der Waals surface area contributed by atoms with Crippen molar-refractivity contribution in [3.05, 3.63) is 65.3 Å². The number of para-hydroxylation sites is 2. The molecule has 0 saturated heterocycles. The monoisotopic (exact) mass is 329 g/mol. The van der Waals surface area contributed by atoms with Crippen molar-refractivity contribution >= 4 is 28.5 Å². The minimum Gasteiger partial charge on any atom is -0.488 e. The second kappa shape index (κ2) is 7.20. The Kier molecular flexibility index (Phi) is 4.83. The molecule has 0 unspecified atom stereocenters. The third-order valence-corrected chi connectivity index (χ3v) is 3.76. The molecule has 0 aliphatic rings. The molecular weight excluding hydrogens is 314 g/mol. The van der Waals surface area contributed by atoms with Crippen molar-refractivity contribution in [1.29, 1.82) is 0 Å². The summed E-state index contributed by atoms with van der Waals surface area (Å²) in [5.74, 6) is 0.305. The fourth-order valence-corrected chi connectivity index (χ4v) is 2.54. The average Bonchev–Trinajstić information content (AvgIpc) is 2.96. The highest BCUT2D eigenvalue weighted by molar-refractivity contribution is 6.32. The number of halogens is 1. The number of ether oxygens (including phenoxy) is 2. The summed E-state index contributed by atoms with van der Waals surface area (Å²) in [5.41, 5.74) is 1.94. The van der Waals surface area contributed by atoms with Gasteiger partial charge in [0.2, 0.25) is 0 Å². The fraction of sp³-hybridized carbons (Fsp3) is 0.167. The molecule has 1 aromatic heterocycles. The zero-order chi connectivity index (χ0) is 16.1. The summed E-state index contributed by atoms with van der Waals surface area (Å²) in [5, 5.41) is 1.58. The highest BCUT2D eigenvalue weighted by atomic mass is 35.5.